The first-order valence-electron chi connectivity index (χ1n) is 4.14. The molecule has 1 amide bonds. The molecule has 0 aromatic carbocycles. The third-order valence-corrected chi connectivity index (χ3v) is 2.25. The van der Waals surface area contributed by atoms with Crippen molar-refractivity contribution in [3.8, 4) is 0 Å². The summed E-state index contributed by atoms with van der Waals surface area (Å²) < 4.78 is 4.88. The molecule has 1 aliphatic heterocycles. The van der Waals surface area contributed by atoms with Crippen LogP contribution in [0.25, 0.3) is 0 Å². The summed E-state index contributed by atoms with van der Waals surface area (Å²) >= 11 is 0. The van der Waals surface area contributed by atoms with E-state index in [4.69, 9.17) is 4.74 Å². The van der Waals surface area contributed by atoms with E-state index >= 15 is 0 Å². The second kappa shape index (κ2) is 3.08. The number of carbonyl (C=O) groups excluding carboxylic acids is 1. The summed E-state index contributed by atoms with van der Waals surface area (Å²) in [5.41, 5.74) is 1.02. The second-order valence-electron chi connectivity index (χ2n) is 3.12. The number of ether oxygens (including phenoxy) is 1. The van der Waals surface area contributed by atoms with Crippen LogP contribution < -0.4 is 0 Å². The van der Waals surface area contributed by atoms with Gasteiger partial charge in [-0.15, -0.1) is 0 Å². The number of hydrogen-bond donors (Lipinski definition) is 1. The van der Waals surface area contributed by atoms with Crippen LogP contribution in [0.5, 0.6) is 0 Å². The first-order valence-corrected chi connectivity index (χ1v) is 4.14. The molecule has 0 saturated carbocycles. The lowest BCUT2D eigenvalue weighted by Crippen LogP contribution is -2.31. The molecule has 2 rings (SSSR count). The van der Waals surface area contributed by atoms with Crippen molar-refractivity contribution in [3.05, 3.63) is 18.2 Å². The maximum Gasteiger partial charge on any atom is 0.409 e. The SMILES string of the molecule is CN1C(=O)OC[C@@H]1Cc1cnc[nH]1. The molecule has 1 aliphatic rings. The average Bonchev–Trinajstić information content (AvgIpc) is 2.71. The maximum atomic E-state index is 11.0. The summed E-state index contributed by atoms with van der Waals surface area (Å²) in [6.45, 7) is 0.467. The Balaban J connectivity index is 2.00. The lowest BCUT2D eigenvalue weighted by molar-refractivity contribution is 0.163. The summed E-state index contributed by atoms with van der Waals surface area (Å²) in [5, 5.41) is 0. The van der Waals surface area contributed by atoms with Crippen molar-refractivity contribution < 1.29 is 9.53 Å². The van der Waals surface area contributed by atoms with Crippen molar-refractivity contribution >= 4 is 6.09 Å². The van der Waals surface area contributed by atoms with Gasteiger partial charge in [-0.2, -0.15) is 0 Å². The van der Waals surface area contributed by atoms with Crippen LogP contribution in [0.4, 0.5) is 4.79 Å². The van der Waals surface area contributed by atoms with E-state index in [0.717, 1.165) is 12.1 Å². The van der Waals surface area contributed by atoms with E-state index in [9.17, 15) is 4.79 Å². The Labute approximate surface area is 75.7 Å². The van der Waals surface area contributed by atoms with E-state index in [0.29, 0.717) is 6.61 Å². The Hall–Kier alpha value is -1.52. The summed E-state index contributed by atoms with van der Waals surface area (Å²) in [4.78, 5) is 19.5. The van der Waals surface area contributed by atoms with Gasteiger partial charge in [0.2, 0.25) is 0 Å². The topological polar surface area (TPSA) is 58.2 Å². The first kappa shape index (κ1) is 8.10. The maximum absolute atomic E-state index is 11.0. The molecule has 1 atom stereocenters. The fraction of sp³-hybridized carbons (Fsp3) is 0.500. The van der Waals surface area contributed by atoms with Crippen LogP contribution in [0, 0.1) is 0 Å². The van der Waals surface area contributed by atoms with Gasteiger partial charge in [-0.1, -0.05) is 0 Å². The second-order valence-corrected chi connectivity index (χ2v) is 3.12. The van der Waals surface area contributed by atoms with E-state index in [1.54, 1.807) is 24.5 Å². The molecule has 1 aromatic heterocycles. The van der Waals surface area contributed by atoms with Crippen molar-refractivity contribution in [1.82, 2.24) is 14.9 Å². The Morgan fingerprint density at radius 2 is 2.69 bits per heavy atom. The predicted octanol–water partition coefficient (Wildman–Crippen LogP) is 0.403. The van der Waals surface area contributed by atoms with Gasteiger partial charge in [-0.25, -0.2) is 9.78 Å². The molecular weight excluding hydrogens is 170 g/mol. The van der Waals surface area contributed by atoms with Gasteiger partial charge in [0, 0.05) is 25.4 Å². The molecule has 1 aromatic rings. The van der Waals surface area contributed by atoms with Crippen molar-refractivity contribution in [2.75, 3.05) is 13.7 Å². The van der Waals surface area contributed by atoms with Gasteiger partial charge >= 0.3 is 6.09 Å². The number of nitrogens with one attached hydrogen (secondary N) is 1. The lowest BCUT2D eigenvalue weighted by Gasteiger charge is -2.14. The Morgan fingerprint density at radius 3 is 3.23 bits per heavy atom. The molecule has 13 heavy (non-hydrogen) atoms. The highest BCUT2D eigenvalue weighted by atomic mass is 16.6. The first-order chi connectivity index (χ1) is 6.27. The number of H-pyrrole nitrogens is 1. The Bertz CT molecular complexity index is 296. The van der Waals surface area contributed by atoms with E-state index in [1.165, 1.54) is 0 Å². The lowest BCUT2D eigenvalue weighted by atomic mass is 10.2. The zero-order valence-electron chi connectivity index (χ0n) is 7.36. The van der Waals surface area contributed by atoms with Crippen molar-refractivity contribution in [1.29, 1.82) is 0 Å². The third-order valence-electron chi connectivity index (χ3n) is 2.25. The minimum Gasteiger partial charge on any atom is -0.447 e. The minimum absolute atomic E-state index is 0.132. The van der Waals surface area contributed by atoms with Gasteiger partial charge in [0.25, 0.3) is 0 Å². The monoisotopic (exact) mass is 181 g/mol. The number of amides is 1. The van der Waals surface area contributed by atoms with Gasteiger partial charge < -0.3 is 14.6 Å². The molecule has 5 heteroatoms. The summed E-state index contributed by atoms with van der Waals surface area (Å²) in [7, 11) is 1.75. The number of likely N-dealkylation sites (N-methyl/N-ethyl adjacent to an activating group) is 1. The molecule has 0 radical (unpaired) electrons. The van der Waals surface area contributed by atoms with Crippen LogP contribution in [0.2, 0.25) is 0 Å². The van der Waals surface area contributed by atoms with Gasteiger partial charge in [-0.05, 0) is 0 Å². The fourth-order valence-corrected chi connectivity index (χ4v) is 1.38. The number of imidazole rings is 1. The molecule has 1 saturated heterocycles. The Morgan fingerprint density at radius 1 is 1.85 bits per heavy atom. The van der Waals surface area contributed by atoms with E-state index in [2.05, 4.69) is 9.97 Å². The van der Waals surface area contributed by atoms with Crippen LogP contribution in [-0.2, 0) is 11.2 Å². The Kier molecular flexibility index (Phi) is 1.92. The summed E-state index contributed by atoms with van der Waals surface area (Å²) in [6.07, 6.45) is 3.91. The largest absolute Gasteiger partial charge is 0.447 e. The standard InChI is InChI=1S/C8H11N3O2/c1-11-7(4-13-8(11)12)2-6-3-9-5-10-6/h3,5,7H,2,4H2,1H3,(H,9,10)/t7-/m0/s1. The smallest absolute Gasteiger partial charge is 0.409 e. The average molecular weight is 181 g/mol. The van der Waals surface area contributed by atoms with Gasteiger partial charge in [0.15, 0.2) is 0 Å². The van der Waals surface area contributed by atoms with Crippen LogP contribution in [-0.4, -0.2) is 40.7 Å². The highest BCUT2D eigenvalue weighted by Crippen LogP contribution is 2.13. The fourth-order valence-electron chi connectivity index (χ4n) is 1.38. The number of aromatic nitrogens is 2. The van der Waals surface area contributed by atoms with Crippen LogP contribution in [0.3, 0.4) is 0 Å². The number of hydrogen-bond acceptors (Lipinski definition) is 3. The molecule has 0 bridgehead atoms. The molecular formula is C8H11N3O2. The van der Waals surface area contributed by atoms with Gasteiger partial charge in [0.1, 0.15) is 6.61 Å². The highest BCUT2D eigenvalue weighted by molar-refractivity contribution is 5.69. The molecule has 0 unspecified atom stereocenters. The molecule has 1 N–H and O–H groups in total. The quantitative estimate of drug-likeness (QED) is 0.718. The highest BCUT2D eigenvalue weighted by Gasteiger charge is 2.29. The number of rotatable bonds is 2. The van der Waals surface area contributed by atoms with Crippen LogP contribution in [0.1, 0.15) is 5.69 Å². The molecule has 70 valence electrons. The van der Waals surface area contributed by atoms with Crippen LogP contribution in [0.15, 0.2) is 12.5 Å². The van der Waals surface area contributed by atoms with Gasteiger partial charge in [-0.3, -0.25) is 0 Å². The summed E-state index contributed by atoms with van der Waals surface area (Å²) in [5.74, 6) is 0. The number of aromatic amines is 1. The number of carbonyl (C=O) groups is 1. The zero-order valence-corrected chi connectivity index (χ0v) is 7.36. The normalized spacial score (nSPS) is 22.1. The molecule has 0 spiro atoms. The molecule has 5 nitrogen and oxygen atoms in total. The van der Waals surface area contributed by atoms with E-state index in [1.807, 2.05) is 0 Å². The predicted molar refractivity (Wildman–Crippen MR) is 45.2 cm³/mol. The van der Waals surface area contributed by atoms with Crippen molar-refractivity contribution in [2.24, 2.45) is 0 Å². The number of cyclic esters (lactones) is 1. The molecule has 1 fully saturated rings. The van der Waals surface area contributed by atoms with E-state index < -0.39 is 0 Å². The molecule has 2 heterocycles. The van der Waals surface area contributed by atoms with Gasteiger partial charge in [0.05, 0.1) is 12.4 Å². The van der Waals surface area contributed by atoms with Crippen molar-refractivity contribution in [2.45, 2.75) is 12.5 Å². The van der Waals surface area contributed by atoms with E-state index in [-0.39, 0.29) is 12.1 Å². The molecule has 0 aliphatic carbocycles. The van der Waals surface area contributed by atoms with Crippen molar-refractivity contribution in [3.63, 3.8) is 0 Å². The summed E-state index contributed by atoms with van der Waals surface area (Å²) in [6, 6.07) is 0.132. The zero-order chi connectivity index (χ0) is 9.26. The van der Waals surface area contributed by atoms with Crippen LogP contribution >= 0.6 is 0 Å². The number of nitrogens with zero attached hydrogens (tertiary/aromatic N) is 2. The minimum atomic E-state index is -0.246. The third kappa shape index (κ3) is 1.49.